The number of piperazine rings is 1. The fourth-order valence-electron chi connectivity index (χ4n) is 3.58. The van der Waals surface area contributed by atoms with Crippen LogP contribution < -0.4 is 4.74 Å². The first-order chi connectivity index (χ1) is 13.5. The van der Waals surface area contributed by atoms with Crippen LogP contribution in [-0.4, -0.2) is 68.4 Å². The fourth-order valence-corrected chi connectivity index (χ4v) is 3.58. The van der Waals surface area contributed by atoms with E-state index < -0.39 is 0 Å². The third-order valence-corrected chi connectivity index (χ3v) is 5.02. The molecule has 0 spiro atoms. The number of pyridine rings is 1. The monoisotopic (exact) mass is 384 g/mol. The number of hydrogen-bond donors (Lipinski definition) is 0. The normalized spacial score (nSPS) is 15.3. The van der Waals surface area contributed by atoms with Crippen molar-refractivity contribution in [2.24, 2.45) is 7.05 Å². The molecule has 0 aromatic carbocycles. The number of hydrogen-bond acceptors (Lipinski definition) is 7. The first-order valence-electron chi connectivity index (χ1n) is 9.34. The van der Waals surface area contributed by atoms with E-state index in [9.17, 15) is 4.79 Å². The highest BCUT2D eigenvalue weighted by Crippen LogP contribution is 2.27. The van der Waals surface area contributed by atoms with Gasteiger partial charge in [-0.15, -0.1) is 5.10 Å². The highest BCUT2D eigenvalue weighted by atomic mass is 16.5. The van der Waals surface area contributed by atoms with Crippen LogP contribution in [0.3, 0.4) is 0 Å². The molecule has 4 heterocycles. The molecule has 1 aliphatic heterocycles. The van der Waals surface area contributed by atoms with E-state index in [0.717, 1.165) is 47.6 Å². The molecule has 9 nitrogen and oxygen atoms in total. The minimum Gasteiger partial charge on any atom is -0.466 e. The van der Waals surface area contributed by atoms with Gasteiger partial charge in [-0.3, -0.25) is 9.69 Å². The van der Waals surface area contributed by atoms with Crippen molar-refractivity contribution in [2.75, 3.05) is 32.8 Å². The number of carbonyl (C=O) groups is 1. The van der Waals surface area contributed by atoms with Gasteiger partial charge in [0.25, 0.3) is 5.91 Å². The van der Waals surface area contributed by atoms with E-state index >= 15 is 0 Å². The Bertz CT molecular complexity index is 973. The van der Waals surface area contributed by atoms with Crippen molar-refractivity contribution in [2.45, 2.75) is 20.4 Å². The van der Waals surface area contributed by atoms with Crippen LogP contribution in [0.1, 0.15) is 17.0 Å². The Kier molecular flexibility index (Phi) is 4.99. The number of aryl methyl sites for hydroxylation is 3. The van der Waals surface area contributed by atoms with Crippen LogP contribution in [0.4, 0.5) is 0 Å². The molecule has 1 saturated heterocycles. The maximum absolute atomic E-state index is 12.6. The van der Waals surface area contributed by atoms with Crippen LogP contribution in [0.5, 0.6) is 5.88 Å². The maximum atomic E-state index is 12.6. The molecule has 3 aromatic rings. The second-order valence-electron chi connectivity index (χ2n) is 7.14. The Morgan fingerprint density at radius 3 is 2.75 bits per heavy atom. The van der Waals surface area contributed by atoms with Crippen molar-refractivity contribution in [1.82, 2.24) is 29.7 Å². The number of fused-ring (bicyclic) bond motifs is 1. The van der Waals surface area contributed by atoms with Crippen molar-refractivity contribution in [3.05, 3.63) is 35.3 Å². The van der Waals surface area contributed by atoms with Gasteiger partial charge in [0, 0.05) is 51.5 Å². The van der Waals surface area contributed by atoms with E-state index in [0.29, 0.717) is 19.0 Å². The first kappa shape index (κ1) is 18.4. The zero-order chi connectivity index (χ0) is 19.7. The summed E-state index contributed by atoms with van der Waals surface area (Å²) in [5.41, 5.74) is 3.64. The van der Waals surface area contributed by atoms with Crippen LogP contribution >= 0.6 is 0 Å². The lowest BCUT2D eigenvalue weighted by Gasteiger charge is -2.34. The van der Waals surface area contributed by atoms with Crippen molar-refractivity contribution in [1.29, 1.82) is 0 Å². The molecule has 0 bridgehead atoms. The van der Waals surface area contributed by atoms with Gasteiger partial charge in [0.05, 0.1) is 11.1 Å². The van der Waals surface area contributed by atoms with E-state index in [-0.39, 0.29) is 12.5 Å². The molecule has 1 amide bonds. The Morgan fingerprint density at radius 2 is 2.04 bits per heavy atom. The number of ether oxygens (including phenoxy) is 1. The largest absolute Gasteiger partial charge is 0.466 e. The SMILES string of the molecule is Cc1cc(C)c2c(OCC(=O)N3CCN(Cc4ccon4)CC3)nn(C)c2n1. The van der Waals surface area contributed by atoms with Gasteiger partial charge < -0.3 is 14.2 Å². The summed E-state index contributed by atoms with van der Waals surface area (Å²) < 4.78 is 12.3. The molecule has 0 radical (unpaired) electrons. The molecule has 1 aliphatic rings. The fraction of sp³-hybridized carbons (Fsp3) is 0.474. The Hall–Kier alpha value is -2.94. The van der Waals surface area contributed by atoms with Gasteiger partial charge >= 0.3 is 0 Å². The van der Waals surface area contributed by atoms with E-state index in [1.807, 2.05) is 37.9 Å². The second kappa shape index (κ2) is 7.59. The lowest BCUT2D eigenvalue weighted by Crippen LogP contribution is -2.49. The van der Waals surface area contributed by atoms with Crippen molar-refractivity contribution in [3.63, 3.8) is 0 Å². The molecule has 148 valence electrons. The molecule has 3 aromatic heterocycles. The molecule has 28 heavy (non-hydrogen) atoms. The van der Waals surface area contributed by atoms with Crippen LogP contribution in [0.25, 0.3) is 11.0 Å². The summed E-state index contributed by atoms with van der Waals surface area (Å²) in [6, 6.07) is 3.85. The average Bonchev–Trinajstić information content (AvgIpc) is 3.28. The van der Waals surface area contributed by atoms with Crippen molar-refractivity contribution in [3.8, 4) is 5.88 Å². The average molecular weight is 384 g/mol. The Morgan fingerprint density at radius 1 is 1.25 bits per heavy atom. The van der Waals surface area contributed by atoms with Gasteiger partial charge in [-0.25, -0.2) is 9.67 Å². The summed E-state index contributed by atoms with van der Waals surface area (Å²) in [5, 5.41) is 9.19. The third-order valence-electron chi connectivity index (χ3n) is 5.02. The smallest absolute Gasteiger partial charge is 0.260 e. The van der Waals surface area contributed by atoms with Gasteiger partial charge in [0.15, 0.2) is 12.3 Å². The summed E-state index contributed by atoms with van der Waals surface area (Å²) in [6.45, 7) is 7.60. The quantitative estimate of drug-likeness (QED) is 0.655. The molecule has 0 unspecified atom stereocenters. The van der Waals surface area contributed by atoms with Gasteiger partial charge in [0.1, 0.15) is 6.26 Å². The zero-order valence-corrected chi connectivity index (χ0v) is 16.4. The van der Waals surface area contributed by atoms with Crippen LogP contribution in [0.15, 0.2) is 22.9 Å². The standard InChI is InChI=1S/C19H24N6O3/c1-13-10-14(2)20-18-17(13)19(21-23(18)3)27-12-16(26)25-7-5-24(6-8-25)11-15-4-9-28-22-15/h4,9-10H,5-8,11-12H2,1-3H3. The summed E-state index contributed by atoms with van der Waals surface area (Å²) in [4.78, 5) is 21.2. The van der Waals surface area contributed by atoms with Gasteiger partial charge in [-0.2, -0.15) is 0 Å². The Balaban J connectivity index is 1.35. The van der Waals surface area contributed by atoms with Gasteiger partial charge in [-0.05, 0) is 25.5 Å². The van der Waals surface area contributed by atoms with E-state index in [2.05, 4.69) is 20.1 Å². The molecule has 0 saturated carbocycles. The lowest BCUT2D eigenvalue weighted by molar-refractivity contribution is -0.135. The summed E-state index contributed by atoms with van der Waals surface area (Å²) in [7, 11) is 1.83. The van der Waals surface area contributed by atoms with E-state index in [4.69, 9.17) is 9.26 Å². The predicted octanol–water partition coefficient (Wildman–Crippen LogP) is 1.30. The van der Waals surface area contributed by atoms with Crippen LogP contribution in [0.2, 0.25) is 0 Å². The molecular weight excluding hydrogens is 360 g/mol. The van der Waals surface area contributed by atoms with Gasteiger partial charge in [0.2, 0.25) is 5.88 Å². The lowest BCUT2D eigenvalue weighted by atomic mass is 10.2. The van der Waals surface area contributed by atoms with Gasteiger partial charge in [-0.1, -0.05) is 5.16 Å². The number of rotatable bonds is 5. The van der Waals surface area contributed by atoms with E-state index in [1.54, 1.807) is 10.9 Å². The minimum atomic E-state index is -0.0300. The number of carbonyl (C=O) groups excluding carboxylic acids is 1. The van der Waals surface area contributed by atoms with Crippen LogP contribution in [0, 0.1) is 13.8 Å². The second-order valence-corrected chi connectivity index (χ2v) is 7.14. The number of amides is 1. The topological polar surface area (TPSA) is 89.5 Å². The number of nitrogens with zero attached hydrogens (tertiary/aromatic N) is 6. The molecule has 0 N–H and O–H groups in total. The Labute approximate surface area is 162 Å². The molecule has 1 fully saturated rings. The summed E-state index contributed by atoms with van der Waals surface area (Å²) in [6.07, 6.45) is 1.58. The summed E-state index contributed by atoms with van der Waals surface area (Å²) in [5.74, 6) is 0.429. The molecule has 0 atom stereocenters. The zero-order valence-electron chi connectivity index (χ0n) is 16.4. The highest BCUT2D eigenvalue weighted by molar-refractivity contribution is 5.85. The molecule has 4 rings (SSSR count). The van der Waals surface area contributed by atoms with E-state index in [1.165, 1.54) is 0 Å². The predicted molar refractivity (Wildman–Crippen MR) is 102 cm³/mol. The first-order valence-corrected chi connectivity index (χ1v) is 9.34. The number of aromatic nitrogens is 4. The van der Waals surface area contributed by atoms with Crippen molar-refractivity contribution < 1.29 is 14.1 Å². The minimum absolute atomic E-state index is 0.0251. The maximum Gasteiger partial charge on any atom is 0.260 e. The van der Waals surface area contributed by atoms with Crippen LogP contribution in [-0.2, 0) is 18.4 Å². The molecular formula is C19H24N6O3. The third kappa shape index (κ3) is 3.70. The summed E-state index contributed by atoms with van der Waals surface area (Å²) >= 11 is 0. The van der Waals surface area contributed by atoms with Crippen molar-refractivity contribution >= 4 is 16.9 Å². The highest BCUT2D eigenvalue weighted by Gasteiger charge is 2.23. The molecule has 9 heteroatoms. The molecule has 0 aliphatic carbocycles.